The van der Waals surface area contributed by atoms with Crippen LogP contribution < -0.4 is 10.1 Å². The maximum absolute atomic E-state index is 5.75. The summed E-state index contributed by atoms with van der Waals surface area (Å²) in [5.74, 6) is 1.78. The SMILES string of the molecule is CCCOc1cccnc1NC1CCN(CCC)CC1. The van der Waals surface area contributed by atoms with E-state index in [1.807, 2.05) is 18.3 Å². The zero-order chi connectivity index (χ0) is 14.2. The topological polar surface area (TPSA) is 37.4 Å². The van der Waals surface area contributed by atoms with Gasteiger partial charge in [-0.15, -0.1) is 0 Å². The zero-order valence-corrected chi connectivity index (χ0v) is 12.8. The lowest BCUT2D eigenvalue weighted by atomic mass is 10.0. The quantitative estimate of drug-likeness (QED) is 0.830. The number of anilines is 1. The third kappa shape index (κ3) is 4.37. The number of hydrogen-bond acceptors (Lipinski definition) is 4. The van der Waals surface area contributed by atoms with Gasteiger partial charge in [-0.1, -0.05) is 13.8 Å². The second-order valence-electron chi connectivity index (χ2n) is 5.46. The summed E-state index contributed by atoms with van der Waals surface area (Å²) in [4.78, 5) is 6.98. The minimum atomic E-state index is 0.516. The van der Waals surface area contributed by atoms with Gasteiger partial charge in [0.05, 0.1) is 6.61 Å². The minimum absolute atomic E-state index is 0.516. The van der Waals surface area contributed by atoms with Gasteiger partial charge in [-0.25, -0.2) is 4.98 Å². The molecule has 1 N–H and O–H groups in total. The Bertz CT molecular complexity index is 389. The molecule has 0 bridgehead atoms. The number of nitrogens with zero attached hydrogens (tertiary/aromatic N) is 2. The molecule has 0 aromatic carbocycles. The van der Waals surface area contributed by atoms with E-state index in [4.69, 9.17) is 4.74 Å². The van der Waals surface area contributed by atoms with Crippen molar-refractivity contribution in [3.05, 3.63) is 18.3 Å². The van der Waals surface area contributed by atoms with Crippen molar-refractivity contribution in [2.75, 3.05) is 31.6 Å². The first kappa shape index (κ1) is 15.1. The number of rotatable bonds is 7. The van der Waals surface area contributed by atoms with Gasteiger partial charge < -0.3 is 15.0 Å². The number of hydrogen-bond donors (Lipinski definition) is 1. The molecule has 4 nitrogen and oxygen atoms in total. The second kappa shape index (κ2) is 8.10. The van der Waals surface area contributed by atoms with Crippen LogP contribution in [0.2, 0.25) is 0 Å². The highest BCUT2D eigenvalue weighted by molar-refractivity contribution is 5.50. The molecule has 1 fully saturated rings. The summed E-state index contributed by atoms with van der Waals surface area (Å²) in [6.45, 7) is 8.70. The summed E-state index contributed by atoms with van der Waals surface area (Å²) < 4.78 is 5.75. The third-order valence-electron chi connectivity index (χ3n) is 3.70. The maximum Gasteiger partial charge on any atom is 0.168 e. The highest BCUT2D eigenvalue weighted by Gasteiger charge is 2.19. The predicted octanol–water partition coefficient (Wildman–Crippen LogP) is 3.16. The van der Waals surface area contributed by atoms with Crippen LogP contribution in [-0.2, 0) is 0 Å². The standard InChI is InChI=1S/C16H27N3O/c1-3-10-19-11-7-14(8-12-19)18-16-15(20-13-4-2)6-5-9-17-16/h5-6,9,14H,3-4,7-8,10-13H2,1-2H3,(H,17,18). The van der Waals surface area contributed by atoms with E-state index in [2.05, 4.69) is 29.0 Å². The van der Waals surface area contributed by atoms with E-state index in [1.54, 1.807) is 0 Å². The first-order valence-corrected chi connectivity index (χ1v) is 7.90. The molecule has 0 unspecified atom stereocenters. The van der Waals surface area contributed by atoms with Crippen LogP contribution in [0.1, 0.15) is 39.5 Å². The van der Waals surface area contributed by atoms with Crippen molar-refractivity contribution >= 4 is 5.82 Å². The van der Waals surface area contributed by atoms with E-state index in [9.17, 15) is 0 Å². The van der Waals surface area contributed by atoms with Crippen LogP contribution in [-0.4, -0.2) is 42.2 Å². The first-order valence-electron chi connectivity index (χ1n) is 7.90. The van der Waals surface area contributed by atoms with Gasteiger partial charge in [0.1, 0.15) is 0 Å². The molecule has 4 heteroatoms. The molecular weight excluding hydrogens is 250 g/mol. The highest BCUT2D eigenvalue weighted by Crippen LogP contribution is 2.24. The lowest BCUT2D eigenvalue weighted by Gasteiger charge is -2.32. The molecule has 1 aliphatic heterocycles. The molecule has 20 heavy (non-hydrogen) atoms. The average Bonchev–Trinajstić information content (AvgIpc) is 2.49. The highest BCUT2D eigenvalue weighted by atomic mass is 16.5. The molecule has 0 saturated carbocycles. The monoisotopic (exact) mass is 277 g/mol. The van der Waals surface area contributed by atoms with Crippen LogP contribution in [0.4, 0.5) is 5.82 Å². The van der Waals surface area contributed by atoms with Crippen LogP contribution in [0.3, 0.4) is 0 Å². The van der Waals surface area contributed by atoms with Gasteiger partial charge >= 0.3 is 0 Å². The molecule has 1 aromatic rings. The molecule has 1 saturated heterocycles. The zero-order valence-electron chi connectivity index (χ0n) is 12.8. The van der Waals surface area contributed by atoms with Crippen molar-refractivity contribution < 1.29 is 4.74 Å². The first-order chi connectivity index (χ1) is 9.83. The van der Waals surface area contributed by atoms with Crippen LogP contribution in [0.25, 0.3) is 0 Å². The second-order valence-corrected chi connectivity index (χ2v) is 5.46. The maximum atomic E-state index is 5.75. The summed E-state index contributed by atoms with van der Waals surface area (Å²) in [7, 11) is 0. The fraction of sp³-hybridized carbons (Fsp3) is 0.688. The summed E-state index contributed by atoms with van der Waals surface area (Å²) in [5.41, 5.74) is 0. The molecule has 112 valence electrons. The molecule has 2 rings (SSSR count). The van der Waals surface area contributed by atoms with Crippen molar-refractivity contribution in [1.29, 1.82) is 0 Å². The van der Waals surface area contributed by atoms with E-state index in [-0.39, 0.29) is 0 Å². The van der Waals surface area contributed by atoms with Gasteiger partial charge in [0.15, 0.2) is 11.6 Å². The molecule has 0 radical (unpaired) electrons. The largest absolute Gasteiger partial charge is 0.490 e. The number of aromatic nitrogens is 1. The predicted molar refractivity (Wildman–Crippen MR) is 83.4 cm³/mol. The smallest absolute Gasteiger partial charge is 0.168 e. The van der Waals surface area contributed by atoms with Crippen LogP contribution >= 0.6 is 0 Å². The molecule has 0 atom stereocenters. The lowest BCUT2D eigenvalue weighted by Crippen LogP contribution is -2.39. The van der Waals surface area contributed by atoms with Crippen LogP contribution in [0, 0.1) is 0 Å². The van der Waals surface area contributed by atoms with Gasteiger partial charge in [-0.05, 0) is 44.4 Å². The summed E-state index contributed by atoms with van der Waals surface area (Å²) in [6.07, 6.45) is 6.46. The van der Waals surface area contributed by atoms with Crippen LogP contribution in [0.15, 0.2) is 18.3 Å². The van der Waals surface area contributed by atoms with E-state index in [0.717, 1.165) is 24.6 Å². The molecule has 1 aromatic heterocycles. The Labute approximate surface area is 122 Å². The molecule has 0 spiro atoms. The van der Waals surface area contributed by atoms with E-state index in [0.29, 0.717) is 6.04 Å². The average molecular weight is 277 g/mol. The summed E-state index contributed by atoms with van der Waals surface area (Å²) in [5, 5.41) is 3.56. The van der Waals surface area contributed by atoms with Crippen molar-refractivity contribution in [2.45, 2.75) is 45.6 Å². The molecule has 0 amide bonds. The molecule has 0 aliphatic carbocycles. The van der Waals surface area contributed by atoms with Crippen molar-refractivity contribution in [3.8, 4) is 5.75 Å². The van der Waals surface area contributed by atoms with Gasteiger partial charge in [0, 0.05) is 25.3 Å². The lowest BCUT2D eigenvalue weighted by molar-refractivity contribution is 0.219. The molecular formula is C16H27N3O. The number of nitrogens with one attached hydrogen (secondary N) is 1. The Morgan fingerprint density at radius 2 is 2.10 bits per heavy atom. The Morgan fingerprint density at radius 3 is 2.80 bits per heavy atom. The van der Waals surface area contributed by atoms with Crippen LogP contribution in [0.5, 0.6) is 5.75 Å². The minimum Gasteiger partial charge on any atom is -0.490 e. The van der Waals surface area contributed by atoms with Gasteiger partial charge in [-0.3, -0.25) is 0 Å². The summed E-state index contributed by atoms with van der Waals surface area (Å²) >= 11 is 0. The Morgan fingerprint density at radius 1 is 1.30 bits per heavy atom. The fourth-order valence-electron chi connectivity index (χ4n) is 2.64. The normalized spacial score (nSPS) is 17.1. The number of ether oxygens (including phenoxy) is 1. The number of pyridine rings is 1. The van der Waals surface area contributed by atoms with Gasteiger partial charge in [0.2, 0.25) is 0 Å². The van der Waals surface area contributed by atoms with Gasteiger partial charge in [-0.2, -0.15) is 0 Å². The number of likely N-dealkylation sites (tertiary alicyclic amines) is 1. The molecule has 2 heterocycles. The Balaban J connectivity index is 1.87. The van der Waals surface area contributed by atoms with Crippen molar-refractivity contribution in [1.82, 2.24) is 9.88 Å². The third-order valence-corrected chi connectivity index (χ3v) is 3.70. The summed E-state index contributed by atoms with van der Waals surface area (Å²) in [6, 6.07) is 4.44. The molecule has 1 aliphatic rings. The Hall–Kier alpha value is -1.29. The fourth-order valence-corrected chi connectivity index (χ4v) is 2.64. The van der Waals surface area contributed by atoms with Gasteiger partial charge in [0.25, 0.3) is 0 Å². The Kier molecular flexibility index (Phi) is 6.12. The van der Waals surface area contributed by atoms with Crippen molar-refractivity contribution in [2.24, 2.45) is 0 Å². The van der Waals surface area contributed by atoms with E-state index < -0.39 is 0 Å². The number of piperidine rings is 1. The van der Waals surface area contributed by atoms with Crippen molar-refractivity contribution in [3.63, 3.8) is 0 Å². The van der Waals surface area contributed by atoms with E-state index >= 15 is 0 Å². The van der Waals surface area contributed by atoms with E-state index in [1.165, 1.54) is 38.9 Å².